The number of aromatic nitrogens is 2. The van der Waals surface area contributed by atoms with Gasteiger partial charge in [-0.05, 0) is 30.2 Å². The summed E-state index contributed by atoms with van der Waals surface area (Å²) in [5.74, 6) is 0.135. The molecule has 1 fully saturated rings. The number of rotatable bonds is 4. The van der Waals surface area contributed by atoms with Gasteiger partial charge in [0.15, 0.2) is 0 Å². The third-order valence-corrected chi connectivity index (χ3v) is 4.31. The van der Waals surface area contributed by atoms with E-state index in [0.29, 0.717) is 6.54 Å². The van der Waals surface area contributed by atoms with Gasteiger partial charge in [-0.3, -0.25) is 14.4 Å². The van der Waals surface area contributed by atoms with Crippen LogP contribution in [0.3, 0.4) is 0 Å². The Morgan fingerprint density at radius 3 is 2.70 bits per heavy atom. The standard InChI is InChI=1S/C17H21ClN4O/c1-14-10-19-22(11-14)13-17(23)21-7-5-20(6-8-21)12-15-3-2-4-16(18)9-15/h2-4,9-11H,5-8,12-13H2,1H3. The molecule has 2 aromatic rings. The van der Waals surface area contributed by atoms with Crippen LogP contribution in [0.25, 0.3) is 0 Å². The maximum absolute atomic E-state index is 12.3. The number of aryl methyl sites for hydroxylation is 1. The summed E-state index contributed by atoms with van der Waals surface area (Å²) in [6.07, 6.45) is 3.67. The molecule has 0 unspecified atom stereocenters. The monoisotopic (exact) mass is 332 g/mol. The van der Waals surface area contributed by atoms with Crippen molar-refractivity contribution >= 4 is 17.5 Å². The maximum Gasteiger partial charge on any atom is 0.244 e. The molecule has 1 aromatic carbocycles. The minimum absolute atomic E-state index is 0.135. The molecular formula is C17H21ClN4O. The van der Waals surface area contributed by atoms with Gasteiger partial charge in [-0.25, -0.2) is 0 Å². The van der Waals surface area contributed by atoms with Crippen LogP contribution in [0.4, 0.5) is 0 Å². The van der Waals surface area contributed by atoms with Crippen LogP contribution in [-0.4, -0.2) is 51.7 Å². The van der Waals surface area contributed by atoms with Crippen LogP contribution < -0.4 is 0 Å². The highest BCUT2D eigenvalue weighted by molar-refractivity contribution is 6.30. The molecule has 0 radical (unpaired) electrons. The normalized spacial score (nSPS) is 15.8. The third kappa shape index (κ3) is 4.33. The van der Waals surface area contributed by atoms with Crippen LogP contribution in [0.5, 0.6) is 0 Å². The first-order valence-corrected chi connectivity index (χ1v) is 8.21. The lowest BCUT2D eigenvalue weighted by atomic mass is 10.2. The van der Waals surface area contributed by atoms with Crippen LogP contribution in [0.2, 0.25) is 5.02 Å². The lowest BCUT2D eigenvalue weighted by molar-refractivity contribution is -0.133. The van der Waals surface area contributed by atoms with E-state index in [1.54, 1.807) is 10.9 Å². The van der Waals surface area contributed by atoms with Crippen molar-refractivity contribution in [1.82, 2.24) is 19.6 Å². The van der Waals surface area contributed by atoms with Crippen LogP contribution in [0.15, 0.2) is 36.7 Å². The molecular weight excluding hydrogens is 312 g/mol. The van der Waals surface area contributed by atoms with Crippen molar-refractivity contribution in [3.63, 3.8) is 0 Å². The highest BCUT2D eigenvalue weighted by Gasteiger charge is 2.21. The molecule has 0 saturated carbocycles. The minimum Gasteiger partial charge on any atom is -0.339 e. The van der Waals surface area contributed by atoms with Crippen molar-refractivity contribution in [1.29, 1.82) is 0 Å². The Morgan fingerprint density at radius 2 is 2.04 bits per heavy atom. The van der Waals surface area contributed by atoms with Crippen molar-refractivity contribution in [3.05, 3.63) is 52.8 Å². The number of benzene rings is 1. The van der Waals surface area contributed by atoms with Crippen molar-refractivity contribution in [3.8, 4) is 0 Å². The molecule has 122 valence electrons. The van der Waals surface area contributed by atoms with Gasteiger partial charge in [0.05, 0.1) is 6.20 Å². The first kappa shape index (κ1) is 16.0. The Hall–Kier alpha value is -1.85. The predicted molar refractivity (Wildman–Crippen MR) is 90.3 cm³/mol. The summed E-state index contributed by atoms with van der Waals surface area (Å²) in [5, 5.41) is 4.95. The zero-order valence-corrected chi connectivity index (χ0v) is 14.0. The zero-order valence-electron chi connectivity index (χ0n) is 13.3. The van der Waals surface area contributed by atoms with E-state index < -0.39 is 0 Å². The lowest BCUT2D eigenvalue weighted by Gasteiger charge is -2.34. The van der Waals surface area contributed by atoms with E-state index in [4.69, 9.17) is 11.6 Å². The first-order valence-electron chi connectivity index (χ1n) is 7.84. The van der Waals surface area contributed by atoms with Crippen molar-refractivity contribution < 1.29 is 4.79 Å². The molecule has 0 spiro atoms. The van der Waals surface area contributed by atoms with E-state index >= 15 is 0 Å². The first-order chi connectivity index (χ1) is 11.1. The molecule has 1 aliphatic heterocycles. The molecule has 0 N–H and O–H groups in total. The van der Waals surface area contributed by atoms with Crippen LogP contribution >= 0.6 is 11.6 Å². The van der Waals surface area contributed by atoms with Gasteiger partial charge >= 0.3 is 0 Å². The number of amides is 1. The van der Waals surface area contributed by atoms with E-state index in [0.717, 1.165) is 43.3 Å². The van der Waals surface area contributed by atoms with E-state index in [-0.39, 0.29) is 5.91 Å². The molecule has 1 aliphatic rings. The largest absolute Gasteiger partial charge is 0.339 e. The average molecular weight is 333 g/mol. The van der Waals surface area contributed by atoms with E-state index in [1.165, 1.54) is 5.56 Å². The summed E-state index contributed by atoms with van der Waals surface area (Å²) >= 11 is 6.03. The summed E-state index contributed by atoms with van der Waals surface area (Å²) < 4.78 is 1.70. The number of halogens is 1. The van der Waals surface area contributed by atoms with Crippen LogP contribution in [-0.2, 0) is 17.9 Å². The molecule has 23 heavy (non-hydrogen) atoms. The van der Waals surface area contributed by atoms with Gasteiger partial charge in [-0.2, -0.15) is 5.10 Å². The van der Waals surface area contributed by atoms with E-state index in [2.05, 4.69) is 16.1 Å². The number of carbonyl (C=O) groups is 1. The van der Waals surface area contributed by atoms with E-state index in [1.807, 2.05) is 36.2 Å². The van der Waals surface area contributed by atoms with Gasteiger partial charge in [0, 0.05) is 43.9 Å². The molecule has 2 heterocycles. The third-order valence-electron chi connectivity index (χ3n) is 4.08. The second kappa shape index (κ2) is 7.15. The fraction of sp³-hybridized carbons (Fsp3) is 0.412. The molecule has 1 saturated heterocycles. The SMILES string of the molecule is Cc1cnn(CC(=O)N2CCN(Cc3cccc(Cl)c3)CC2)c1. The zero-order chi connectivity index (χ0) is 16.2. The average Bonchev–Trinajstić information content (AvgIpc) is 2.93. The molecule has 3 rings (SSSR count). The summed E-state index contributed by atoms with van der Waals surface area (Å²) in [6, 6.07) is 7.95. The Labute approximate surface area is 141 Å². The van der Waals surface area contributed by atoms with Gasteiger partial charge < -0.3 is 4.90 Å². The number of hydrogen-bond acceptors (Lipinski definition) is 3. The molecule has 0 atom stereocenters. The predicted octanol–water partition coefficient (Wildman–Crippen LogP) is 2.19. The van der Waals surface area contributed by atoms with E-state index in [9.17, 15) is 4.79 Å². The highest BCUT2D eigenvalue weighted by Crippen LogP contribution is 2.14. The quantitative estimate of drug-likeness (QED) is 0.862. The topological polar surface area (TPSA) is 41.4 Å². The van der Waals surface area contributed by atoms with Crippen molar-refractivity contribution in [2.45, 2.75) is 20.0 Å². The van der Waals surface area contributed by atoms with Gasteiger partial charge in [-0.15, -0.1) is 0 Å². The fourth-order valence-corrected chi connectivity index (χ4v) is 3.05. The Balaban J connectivity index is 1.49. The summed E-state index contributed by atoms with van der Waals surface area (Å²) in [4.78, 5) is 16.6. The summed E-state index contributed by atoms with van der Waals surface area (Å²) in [7, 11) is 0. The van der Waals surface area contributed by atoms with Crippen molar-refractivity contribution in [2.24, 2.45) is 0 Å². The highest BCUT2D eigenvalue weighted by atomic mass is 35.5. The minimum atomic E-state index is 0.135. The Bertz CT molecular complexity index is 677. The molecule has 0 bridgehead atoms. The van der Waals surface area contributed by atoms with Gasteiger partial charge in [0.1, 0.15) is 6.54 Å². The number of hydrogen-bond donors (Lipinski definition) is 0. The second-order valence-corrected chi connectivity index (χ2v) is 6.44. The molecule has 0 aliphatic carbocycles. The smallest absolute Gasteiger partial charge is 0.244 e. The van der Waals surface area contributed by atoms with Gasteiger partial charge in [0.25, 0.3) is 0 Å². The van der Waals surface area contributed by atoms with Crippen molar-refractivity contribution in [2.75, 3.05) is 26.2 Å². The maximum atomic E-state index is 12.3. The number of nitrogens with zero attached hydrogens (tertiary/aromatic N) is 4. The van der Waals surface area contributed by atoms with Crippen LogP contribution in [0.1, 0.15) is 11.1 Å². The second-order valence-electron chi connectivity index (χ2n) is 6.00. The molecule has 6 heteroatoms. The summed E-state index contributed by atoms with van der Waals surface area (Å²) in [6.45, 7) is 6.47. The number of piperazine rings is 1. The molecule has 5 nitrogen and oxygen atoms in total. The Morgan fingerprint density at radius 1 is 1.26 bits per heavy atom. The molecule has 1 aromatic heterocycles. The number of carbonyl (C=O) groups excluding carboxylic acids is 1. The Kier molecular flexibility index (Phi) is 4.98. The summed E-state index contributed by atoms with van der Waals surface area (Å²) in [5.41, 5.74) is 2.29. The van der Waals surface area contributed by atoms with Gasteiger partial charge in [-0.1, -0.05) is 23.7 Å². The lowest BCUT2D eigenvalue weighted by Crippen LogP contribution is -2.49. The van der Waals surface area contributed by atoms with Gasteiger partial charge in [0.2, 0.25) is 5.91 Å². The van der Waals surface area contributed by atoms with Crippen LogP contribution in [0, 0.1) is 6.92 Å². The molecule has 1 amide bonds. The fourth-order valence-electron chi connectivity index (χ4n) is 2.84.